The van der Waals surface area contributed by atoms with Gasteiger partial charge in [-0.1, -0.05) is 58.5 Å². The molecule has 1 aromatic carbocycles. The van der Waals surface area contributed by atoms with Crippen molar-refractivity contribution in [3.63, 3.8) is 0 Å². The Morgan fingerprint density at radius 2 is 1.53 bits per heavy atom. The minimum absolute atomic E-state index is 0.133. The smallest absolute Gasteiger partial charge is 0.0324 e. The quantitative estimate of drug-likeness (QED) is 0.852. The van der Waals surface area contributed by atoms with Gasteiger partial charge in [-0.2, -0.15) is 0 Å². The molecule has 1 unspecified atom stereocenters. The van der Waals surface area contributed by atoms with Crippen LogP contribution in [-0.4, -0.2) is 0 Å². The Morgan fingerprint density at radius 3 is 1.93 bits per heavy atom. The minimum atomic E-state index is 0.133. The molecule has 0 fully saturated rings. The average molecular weight is 335 g/mol. The van der Waals surface area contributed by atoms with E-state index in [1.165, 1.54) is 5.56 Å². The van der Waals surface area contributed by atoms with Crippen molar-refractivity contribution in [2.75, 3.05) is 0 Å². The first-order valence-electron chi connectivity index (χ1n) is 5.30. The third-order valence-electron chi connectivity index (χ3n) is 2.83. The number of benzene rings is 1. The van der Waals surface area contributed by atoms with Crippen LogP contribution in [-0.2, 0) is 0 Å². The van der Waals surface area contributed by atoms with E-state index in [1.807, 2.05) is 6.07 Å². The highest BCUT2D eigenvalue weighted by molar-refractivity contribution is 9.11. The van der Waals surface area contributed by atoms with Gasteiger partial charge in [0.25, 0.3) is 0 Å². The molecule has 0 radical (unpaired) electrons. The summed E-state index contributed by atoms with van der Waals surface area (Å²) in [5.41, 5.74) is 7.46. The zero-order chi connectivity index (χ0) is 11.4. The summed E-state index contributed by atoms with van der Waals surface area (Å²) in [7, 11) is 0. The lowest BCUT2D eigenvalue weighted by Crippen LogP contribution is -2.20. The van der Waals surface area contributed by atoms with E-state index in [0.717, 1.165) is 21.8 Å². The summed E-state index contributed by atoms with van der Waals surface area (Å²) in [6.07, 6.45) is 2.25. The second-order valence-corrected chi connectivity index (χ2v) is 5.64. The van der Waals surface area contributed by atoms with Crippen molar-refractivity contribution >= 4 is 31.9 Å². The molecule has 3 heteroatoms. The fourth-order valence-electron chi connectivity index (χ4n) is 1.84. The molecule has 0 amide bonds. The molecule has 0 saturated heterocycles. The zero-order valence-electron chi connectivity index (χ0n) is 9.13. The minimum Gasteiger partial charge on any atom is -0.324 e. The second-order valence-electron chi connectivity index (χ2n) is 3.81. The highest BCUT2D eigenvalue weighted by Crippen LogP contribution is 2.29. The normalized spacial score (nSPS) is 13.2. The number of nitrogens with two attached hydrogens (primary N) is 1. The van der Waals surface area contributed by atoms with Crippen LogP contribution in [0.4, 0.5) is 0 Å². The van der Waals surface area contributed by atoms with E-state index in [1.54, 1.807) is 0 Å². The summed E-state index contributed by atoms with van der Waals surface area (Å²) in [4.78, 5) is 0. The molecule has 1 rings (SSSR count). The first-order valence-corrected chi connectivity index (χ1v) is 6.88. The highest BCUT2D eigenvalue weighted by atomic mass is 79.9. The largest absolute Gasteiger partial charge is 0.324 e. The molecule has 0 aliphatic carbocycles. The molecule has 0 bridgehead atoms. The maximum Gasteiger partial charge on any atom is 0.0324 e. The Hall–Kier alpha value is 0.140. The number of hydrogen-bond donors (Lipinski definition) is 1. The summed E-state index contributed by atoms with van der Waals surface area (Å²) < 4.78 is 2.15. The van der Waals surface area contributed by atoms with Gasteiger partial charge in [0.05, 0.1) is 0 Å². The van der Waals surface area contributed by atoms with Gasteiger partial charge in [-0.25, -0.2) is 0 Å². The summed E-state index contributed by atoms with van der Waals surface area (Å²) in [5.74, 6) is 0.561. The number of rotatable bonds is 4. The summed E-state index contributed by atoms with van der Waals surface area (Å²) in [5, 5.41) is 0. The van der Waals surface area contributed by atoms with Crippen molar-refractivity contribution in [2.24, 2.45) is 11.7 Å². The molecule has 0 saturated carbocycles. The van der Waals surface area contributed by atoms with Crippen LogP contribution in [0.2, 0.25) is 0 Å². The van der Waals surface area contributed by atoms with Gasteiger partial charge >= 0.3 is 0 Å². The molecule has 84 valence electrons. The predicted octanol–water partition coefficient (Wildman–Crippen LogP) is 4.65. The van der Waals surface area contributed by atoms with Crippen LogP contribution in [0.3, 0.4) is 0 Å². The summed E-state index contributed by atoms with van der Waals surface area (Å²) >= 11 is 6.98. The van der Waals surface area contributed by atoms with Gasteiger partial charge in [-0.3, -0.25) is 0 Å². The van der Waals surface area contributed by atoms with Crippen molar-refractivity contribution in [1.82, 2.24) is 0 Å². The van der Waals surface area contributed by atoms with Crippen LogP contribution in [0.1, 0.15) is 38.3 Å². The highest BCUT2D eigenvalue weighted by Gasteiger charge is 2.16. The third kappa shape index (κ3) is 3.58. The van der Waals surface area contributed by atoms with E-state index in [9.17, 15) is 0 Å². The van der Waals surface area contributed by atoms with E-state index in [0.29, 0.717) is 5.92 Å². The Labute approximate surface area is 109 Å². The number of hydrogen-bond acceptors (Lipinski definition) is 1. The molecule has 15 heavy (non-hydrogen) atoms. The van der Waals surface area contributed by atoms with Gasteiger partial charge in [-0.05, 0) is 29.7 Å². The van der Waals surface area contributed by atoms with E-state index >= 15 is 0 Å². The molecule has 0 aromatic heterocycles. The maximum atomic E-state index is 6.26. The van der Waals surface area contributed by atoms with Crippen molar-refractivity contribution in [3.05, 3.63) is 32.7 Å². The SMILES string of the molecule is CCC(CC)C(N)c1cc(Br)cc(Br)c1. The molecule has 0 aliphatic heterocycles. The Bertz CT molecular complexity index is 301. The van der Waals surface area contributed by atoms with Crippen molar-refractivity contribution in [1.29, 1.82) is 0 Å². The average Bonchev–Trinajstić information content (AvgIpc) is 2.18. The van der Waals surface area contributed by atoms with Gasteiger partial charge < -0.3 is 5.73 Å². The summed E-state index contributed by atoms with van der Waals surface area (Å²) in [6, 6.07) is 6.37. The lowest BCUT2D eigenvalue weighted by atomic mass is 9.90. The van der Waals surface area contributed by atoms with E-state index < -0.39 is 0 Å². The van der Waals surface area contributed by atoms with Crippen LogP contribution in [0.15, 0.2) is 27.1 Å². The Morgan fingerprint density at radius 1 is 1.07 bits per heavy atom. The molecule has 1 nitrogen and oxygen atoms in total. The van der Waals surface area contributed by atoms with Crippen LogP contribution < -0.4 is 5.73 Å². The molecule has 0 spiro atoms. The Kier molecular flexibility index (Phi) is 5.30. The van der Waals surface area contributed by atoms with Crippen molar-refractivity contribution in [3.8, 4) is 0 Å². The predicted molar refractivity (Wildman–Crippen MR) is 72.8 cm³/mol. The molecule has 2 N–H and O–H groups in total. The number of halogens is 2. The van der Waals surface area contributed by atoms with Crippen LogP contribution in [0, 0.1) is 5.92 Å². The van der Waals surface area contributed by atoms with E-state index in [4.69, 9.17) is 5.73 Å². The topological polar surface area (TPSA) is 26.0 Å². The van der Waals surface area contributed by atoms with Crippen LogP contribution in [0.5, 0.6) is 0 Å². The van der Waals surface area contributed by atoms with Gasteiger partial charge in [0.2, 0.25) is 0 Å². The molecular weight excluding hydrogens is 318 g/mol. The molecule has 1 atom stereocenters. The standard InChI is InChI=1S/C12H17Br2N/c1-3-8(4-2)12(15)9-5-10(13)7-11(14)6-9/h5-8,12H,3-4,15H2,1-2H3. The lowest BCUT2D eigenvalue weighted by molar-refractivity contribution is 0.405. The fraction of sp³-hybridized carbons (Fsp3) is 0.500. The lowest BCUT2D eigenvalue weighted by Gasteiger charge is -2.22. The van der Waals surface area contributed by atoms with E-state index in [2.05, 4.69) is 57.8 Å². The summed E-state index contributed by atoms with van der Waals surface area (Å²) in [6.45, 7) is 4.39. The van der Waals surface area contributed by atoms with Gasteiger partial charge in [0, 0.05) is 15.0 Å². The molecular formula is C12H17Br2N. The van der Waals surface area contributed by atoms with E-state index in [-0.39, 0.29) is 6.04 Å². The van der Waals surface area contributed by atoms with Crippen LogP contribution in [0.25, 0.3) is 0 Å². The van der Waals surface area contributed by atoms with Gasteiger partial charge in [0.1, 0.15) is 0 Å². The Balaban J connectivity index is 2.94. The monoisotopic (exact) mass is 333 g/mol. The first-order chi connectivity index (χ1) is 7.08. The fourth-order valence-corrected chi connectivity index (χ4v) is 3.17. The zero-order valence-corrected chi connectivity index (χ0v) is 12.3. The maximum absolute atomic E-state index is 6.26. The van der Waals surface area contributed by atoms with Crippen LogP contribution >= 0.6 is 31.9 Å². The third-order valence-corrected chi connectivity index (χ3v) is 3.74. The first kappa shape index (κ1) is 13.2. The van der Waals surface area contributed by atoms with Crippen molar-refractivity contribution in [2.45, 2.75) is 32.7 Å². The van der Waals surface area contributed by atoms with Gasteiger partial charge in [0.15, 0.2) is 0 Å². The molecule has 0 aliphatic rings. The second kappa shape index (κ2) is 6.02. The molecule has 1 aromatic rings. The molecule has 0 heterocycles. The van der Waals surface area contributed by atoms with Crippen molar-refractivity contribution < 1.29 is 0 Å². The van der Waals surface area contributed by atoms with Gasteiger partial charge in [-0.15, -0.1) is 0 Å².